The van der Waals surface area contributed by atoms with E-state index in [1.165, 1.54) is 5.56 Å². The predicted octanol–water partition coefficient (Wildman–Crippen LogP) is 5.48. The van der Waals surface area contributed by atoms with E-state index in [9.17, 15) is 4.79 Å². The molecule has 6 heteroatoms. The first kappa shape index (κ1) is 20.0. The number of carbonyl (C=O) groups excluding carboxylic acids is 1. The van der Waals surface area contributed by atoms with Crippen LogP contribution in [0.3, 0.4) is 0 Å². The molecule has 0 aliphatic rings. The highest BCUT2D eigenvalue weighted by molar-refractivity contribution is 7.80. The number of hydrogen-bond acceptors (Lipinski definition) is 4. The molecule has 3 rings (SSSR count). The smallest absolute Gasteiger partial charge is 0.228 e. The molecule has 0 aliphatic carbocycles. The molecule has 1 aromatic heterocycles. The van der Waals surface area contributed by atoms with Gasteiger partial charge in [0.25, 0.3) is 0 Å². The van der Waals surface area contributed by atoms with Gasteiger partial charge < -0.3 is 15.1 Å². The molecule has 0 bridgehead atoms. The maximum Gasteiger partial charge on any atom is 0.228 e. The average molecular weight is 396 g/mol. The Kier molecular flexibility index (Phi) is 6.09. The summed E-state index contributed by atoms with van der Waals surface area (Å²) in [5, 5.41) is 5.98. The van der Waals surface area contributed by atoms with Gasteiger partial charge >= 0.3 is 0 Å². The van der Waals surface area contributed by atoms with Crippen LogP contribution in [0.15, 0.2) is 46.9 Å². The van der Waals surface area contributed by atoms with Crippen LogP contribution in [0, 0.1) is 5.92 Å². The van der Waals surface area contributed by atoms with E-state index in [1.807, 2.05) is 44.2 Å². The highest BCUT2D eigenvalue weighted by atomic mass is 32.1. The summed E-state index contributed by atoms with van der Waals surface area (Å²) in [6.07, 6.45) is 1.08. The molecule has 0 unspecified atom stereocenters. The normalized spacial score (nSPS) is 12.2. The molecule has 0 saturated heterocycles. The number of oxazole rings is 1. The van der Waals surface area contributed by atoms with Gasteiger partial charge in [0.2, 0.25) is 11.8 Å². The largest absolute Gasteiger partial charge is 0.436 e. The Bertz CT molecular complexity index is 1010. The Balaban J connectivity index is 1.81. The quantitative estimate of drug-likeness (QED) is 0.560. The lowest BCUT2D eigenvalue weighted by atomic mass is 9.98. The van der Waals surface area contributed by atoms with E-state index in [0.717, 1.165) is 28.8 Å². The first-order valence-electron chi connectivity index (χ1n) is 9.50. The molecule has 0 spiro atoms. The van der Waals surface area contributed by atoms with Crippen molar-refractivity contribution in [2.75, 3.05) is 5.32 Å². The molecule has 2 N–H and O–H groups in total. The number of nitrogens with zero attached hydrogens (tertiary/aromatic N) is 1. The second-order valence-electron chi connectivity index (χ2n) is 7.23. The molecule has 0 fully saturated rings. The van der Waals surface area contributed by atoms with E-state index in [2.05, 4.69) is 41.6 Å². The maximum atomic E-state index is 11.8. The van der Waals surface area contributed by atoms with Crippen molar-refractivity contribution in [2.45, 2.75) is 40.0 Å². The summed E-state index contributed by atoms with van der Waals surface area (Å²) in [5.41, 5.74) is 4.47. The van der Waals surface area contributed by atoms with Gasteiger partial charge in [-0.3, -0.25) is 4.79 Å². The topological polar surface area (TPSA) is 67.2 Å². The van der Waals surface area contributed by atoms with E-state index in [4.69, 9.17) is 16.6 Å². The van der Waals surface area contributed by atoms with Crippen LogP contribution in [0.5, 0.6) is 0 Å². The Morgan fingerprint density at radius 3 is 2.68 bits per heavy atom. The molecule has 2 aromatic carbocycles. The van der Waals surface area contributed by atoms with Gasteiger partial charge in [-0.05, 0) is 60.5 Å². The monoisotopic (exact) mass is 395 g/mol. The molecule has 3 aromatic rings. The van der Waals surface area contributed by atoms with E-state index in [1.54, 1.807) is 0 Å². The Morgan fingerprint density at radius 1 is 1.18 bits per heavy atom. The maximum absolute atomic E-state index is 11.8. The third-order valence-corrected chi connectivity index (χ3v) is 4.93. The lowest BCUT2D eigenvalue weighted by Crippen LogP contribution is -2.36. The fraction of sp³-hybridized carbons (Fsp3) is 0.318. The van der Waals surface area contributed by atoms with E-state index in [0.29, 0.717) is 11.8 Å². The molecule has 1 heterocycles. The molecule has 0 saturated carbocycles. The third-order valence-electron chi connectivity index (χ3n) is 4.72. The van der Waals surface area contributed by atoms with E-state index >= 15 is 0 Å². The zero-order chi connectivity index (χ0) is 20.3. The molecule has 146 valence electrons. The van der Waals surface area contributed by atoms with Gasteiger partial charge in [0.05, 0.1) is 0 Å². The highest BCUT2D eigenvalue weighted by Crippen LogP contribution is 2.29. The van der Waals surface area contributed by atoms with Crippen LogP contribution in [0.4, 0.5) is 5.69 Å². The minimum absolute atomic E-state index is 0.121. The van der Waals surface area contributed by atoms with Crippen molar-refractivity contribution in [3.8, 4) is 11.5 Å². The average Bonchev–Trinajstić information content (AvgIpc) is 3.10. The number of fused-ring (bicyclic) bond motifs is 1. The molecular weight excluding hydrogens is 370 g/mol. The second kappa shape index (κ2) is 8.52. The third kappa shape index (κ3) is 4.57. The second-order valence-corrected chi connectivity index (χ2v) is 7.64. The molecule has 1 atom stereocenters. The summed E-state index contributed by atoms with van der Waals surface area (Å²) < 4.78 is 5.94. The fourth-order valence-electron chi connectivity index (χ4n) is 2.76. The van der Waals surface area contributed by atoms with Crippen molar-refractivity contribution in [3.63, 3.8) is 0 Å². The van der Waals surface area contributed by atoms with Crippen LogP contribution < -0.4 is 10.6 Å². The molecule has 0 aliphatic heterocycles. The summed E-state index contributed by atoms with van der Waals surface area (Å²) in [5.74, 6) is 0.784. The zero-order valence-corrected chi connectivity index (χ0v) is 17.4. The number of hydrogen-bond donors (Lipinski definition) is 2. The molecule has 28 heavy (non-hydrogen) atoms. The summed E-state index contributed by atoms with van der Waals surface area (Å²) in [6.45, 7) is 8.02. The standard InChI is InChI=1S/C22H25N3O2S/c1-5-14(4)15-9-10-19-18(12-15)24-21(27-19)16-7-6-8-17(11-16)23-22(28)25-20(26)13(2)3/h6-14H,5H2,1-4H3,(H2,23,25,26,28)/t14-/m0/s1. The van der Waals surface area contributed by atoms with Gasteiger partial charge in [0, 0.05) is 17.2 Å². The Hall–Kier alpha value is -2.73. The van der Waals surface area contributed by atoms with Gasteiger partial charge in [-0.25, -0.2) is 4.98 Å². The number of carbonyl (C=O) groups is 1. The van der Waals surface area contributed by atoms with Crippen molar-refractivity contribution < 1.29 is 9.21 Å². The first-order chi connectivity index (χ1) is 13.4. The van der Waals surface area contributed by atoms with Crippen LogP contribution in [0.1, 0.15) is 45.6 Å². The van der Waals surface area contributed by atoms with Crippen LogP contribution in [-0.4, -0.2) is 16.0 Å². The Morgan fingerprint density at radius 2 is 1.96 bits per heavy atom. The van der Waals surface area contributed by atoms with Crippen molar-refractivity contribution in [1.82, 2.24) is 10.3 Å². The van der Waals surface area contributed by atoms with Gasteiger partial charge in [-0.1, -0.05) is 39.8 Å². The van der Waals surface area contributed by atoms with Crippen molar-refractivity contribution in [2.24, 2.45) is 5.92 Å². The minimum Gasteiger partial charge on any atom is -0.436 e. The predicted molar refractivity (Wildman–Crippen MR) is 117 cm³/mol. The number of amides is 1. The summed E-state index contributed by atoms with van der Waals surface area (Å²) in [6, 6.07) is 13.8. The highest BCUT2D eigenvalue weighted by Gasteiger charge is 2.12. The minimum atomic E-state index is -0.133. The van der Waals surface area contributed by atoms with E-state index in [-0.39, 0.29) is 16.9 Å². The van der Waals surface area contributed by atoms with Crippen LogP contribution in [-0.2, 0) is 4.79 Å². The zero-order valence-electron chi connectivity index (χ0n) is 16.6. The molecule has 0 radical (unpaired) electrons. The summed E-state index contributed by atoms with van der Waals surface area (Å²) in [7, 11) is 0. The lowest BCUT2D eigenvalue weighted by molar-refractivity contribution is -0.122. The van der Waals surface area contributed by atoms with Crippen LogP contribution >= 0.6 is 12.2 Å². The fourth-order valence-corrected chi connectivity index (χ4v) is 2.98. The van der Waals surface area contributed by atoms with Gasteiger partial charge in [0.1, 0.15) is 5.52 Å². The van der Waals surface area contributed by atoms with Crippen LogP contribution in [0.25, 0.3) is 22.6 Å². The number of nitrogens with one attached hydrogen (secondary N) is 2. The van der Waals surface area contributed by atoms with Crippen molar-refractivity contribution in [1.29, 1.82) is 0 Å². The van der Waals surface area contributed by atoms with Gasteiger partial charge in [-0.15, -0.1) is 0 Å². The number of benzene rings is 2. The summed E-state index contributed by atoms with van der Waals surface area (Å²) >= 11 is 5.21. The number of thiocarbonyl (C=S) groups is 1. The van der Waals surface area contributed by atoms with E-state index < -0.39 is 0 Å². The SMILES string of the molecule is CC[C@H](C)c1ccc2oc(-c3cccc(NC(=S)NC(=O)C(C)C)c3)nc2c1. The number of rotatable bonds is 5. The van der Waals surface area contributed by atoms with Crippen molar-refractivity contribution >= 4 is 40.0 Å². The molecule has 1 amide bonds. The van der Waals surface area contributed by atoms with Gasteiger partial charge in [0.15, 0.2) is 10.7 Å². The first-order valence-corrected chi connectivity index (χ1v) is 9.91. The summed E-state index contributed by atoms with van der Waals surface area (Å²) in [4.78, 5) is 16.4. The molecular formula is C22H25N3O2S. The number of aromatic nitrogens is 1. The lowest BCUT2D eigenvalue weighted by Gasteiger charge is -2.11. The molecule has 5 nitrogen and oxygen atoms in total. The van der Waals surface area contributed by atoms with Crippen molar-refractivity contribution in [3.05, 3.63) is 48.0 Å². The van der Waals surface area contributed by atoms with Crippen LogP contribution in [0.2, 0.25) is 0 Å². The Labute approximate surface area is 170 Å². The van der Waals surface area contributed by atoms with Gasteiger partial charge in [-0.2, -0.15) is 0 Å². The number of anilines is 1.